The van der Waals surface area contributed by atoms with Gasteiger partial charge in [-0.3, -0.25) is 0 Å². The van der Waals surface area contributed by atoms with Gasteiger partial charge < -0.3 is 10.1 Å². The number of carbonyl (C=O) groups excluding carboxylic acids is 1. The van der Waals surface area contributed by atoms with E-state index in [4.69, 9.17) is 11.6 Å². The molecule has 0 spiro atoms. The number of cyclic esters (lactones) is 1. The van der Waals surface area contributed by atoms with Gasteiger partial charge in [-0.2, -0.15) is 13.2 Å². The lowest BCUT2D eigenvalue weighted by molar-refractivity contribution is -0.137. The largest absolute Gasteiger partial charge is 0.443 e. The fourth-order valence-corrected chi connectivity index (χ4v) is 2.07. The molecule has 0 bridgehead atoms. The maximum atomic E-state index is 13.6. The maximum Gasteiger partial charge on any atom is 0.417 e. The second-order valence-electron chi connectivity index (χ2n) is 4.15. The number of ether oxygens (including phenoxy) is 1. The molecule has 1 fully saturated rings. The van der Waals surface area contributed by atoms with E-state index >= 15 is 0 Å². The molecule has 0 aliphatic carbocycles. The number of hydrogen-bond acceptors (Lipinski definition) is 2. The smallest absolute Gasteiger partial charge is 0.417 e. The van der Waals surface area contributed by atoms with Crippen LogP contribution in [0.5, 0.6) is 0 Å². The lowest BCUT2D eigenvalue weighted by atomic mass is 9.98. The molecule has 3 nitrogen and oxygen atoms in total. The highest BCUT2D eigenvalue weighted by Crippen LogP contribution is 2.39. The van der Waals surface area contributed by atoms with Crippen molar-refractivity contribution in [2.24, 2.45) is 0 Å². The summed E-state index contributed by atoms with van der Waals surface area (Å²) in [5.41, 5.74) is -1.37. The first-order valence-corrected chi connectivity index (χ1v) is 5.67. The molecule has 21 heavy (non-hydrogen) atoms. The standard InChI is InChI=1S/C11H7ClF5NO2.ClH/c12-7-3-5(1-2-6(7)11(15,16)17)8-10(13,14)4-20-9(19)18-8;/h1-3,8H,4H2,(H,18,19);1H/t8-;/m0./s1. The second kappa shape index (κ2) is 5.84. The number of carbonyl (C=O) groups is 1. The molecule has 1 atom stereocenters. The summed E-state index contributed by atoms with van der Waals surface area (Å²) < 4.78 is 68.9. The first kappa shape index (κ1) is 17.8. The number of nitrogens with one attached hydrogen (secondary N) is 1. The quantitative estimate of drug-likeness (QED) is 0.770. The first-order valence-electron chi connectivity index (χ1n) is 5.29. The monoisotopic (exact) mass is 351 g/mol. The normalized spacial score (nSPS) is 21.0. The van der Waals surface area contributed by atoms with E-state index in [0.29, 0.717) is 6.07 Å². The fraction of sp³-hybridized carbons (Fsp3) is 0.364. The molecule has 0 unspecified atom stereocenters. The molecule has 1 saturated heterocycles. The van der Waals surface area contributed by atoms with E-state index in [2.05, 4.69) is 4.74 Å². The van der Waals surface area contributed by atoms with Gasteiger partial charge in [0.1, 0.15) is 6.04 Å². The molecular weight excluding hydrogens is 344 g/mol. The Kier molecular flexibility index (Phi) is 4.94. The second-order valence-corrected chi connectivity index (χ2v) is 4.56. The van der Waals surface area contributed by atoms with Crippen LogP contribution in [-0.4, -0.2) is 18.6 Å². The summed E-state index contributed by atoms with van der Waals surface area (Å²) >= 11 is 5.45. The van der Waals surface area contributed by atoms with E-state index in [0.717, 1.165) is 12.1 Å². The minimum absolute atomic E-state index is 0. The van der Waals surface area contributed by atoms with Crippen LogP contribution in [0.4, 0.5) is 26.7 Å². The average molecular weight is 352 g/mol. The zero-order valence-electron chi connectivity index (χ0n) is 10.0. The Morgan fingerprint density at radius 3 is 2.48 bits per heavy atom. The van der Waals surface area contributed by atoms with Crippen LogP contribution in [0.25, 0.3) is 0 Å². The number of alkyl carbamates (subject to hydrolysis) is 1. The molecule has 0 saturated carbocycles. The summed E-state index contributed by atoms with van der Waals surface area (Å²) in [5.74, 6) is -3.45. The van der Waals surface area contributed by atoms with Gasteiger partial charge >= 0.3 is 18.2 Å². The van der Waals surface area contributed by atoms with Crippen molar-refractivity contribution in [2.45, 2.75) is 18.1 Å². The van der Waals surface area contributed by atoms with Crippen molar-refractivity contribution in [3.8, 4) is 0 Å². The molecule has 1 aromatic rings. The Bertz CT molecular complexity index is 550. The van der Waals surface area contributed by atoms with Crippen molar-refractivity contribution >= 4 is 30.1 Å². The molecule has 1 N–H and O–H groups in total. The third kappa shape index (κ3) is 3.68. The van der Waals surface area contributed by atoms with Crippen molar-refractivity contribution in [1.82, 2.24) is 5.32 Å². The SMILES string of the molecule is Cl.O=C1N[C@@H](c2ccc(C(F)(F)F)c(Cl)c2)C(F)(F)CO1. The summed E-state index contributed by atoms with van der Waals surface area (Å²) in [6, 6.07) is 0.409. The Balaban J connectivity index is 0.00000220. The van der Waals surface area contributed by atoms with Gasteiger partial charge in [0.15, 0.2) is 6.61 Å². The number of benzene rings is 1. The molecule has 2 rings (SSSR count). The van der Waals surface area contributed by atoms with E-state index in [9.17, 15) is 26.7 Å². The van der Waals surface area contributed by atoms with Gasteiger partial charge in [0.25, 0.3) is 0 Å². The summed E-state index contributed by atoms with van der Waals surface area (Å²) in [7, 11) is 0. The molecule has 118 valence electrons. The van der Waals surface area contributed by atoms with Crippen LogP contribution in [-0.2, 0) is 10.9 Å². The molecule has 1 aromatic carbocycles. The zero-order valence-corrected chi connectivity index (χ0v) is 11.6. The number of rotatable bonds is 1. The van der Waals surface area contributed by atoms with Gasteiger partial charge in [0.05, 0.1) is 10.6 Å². The Labute approximate surface area is 126 Å². The summed E-state index contributed by atoms with van der Waals surface area (Å²) in [6.07, 6.45) is -5.76. The van der Waals surface area contributed by atoms with Crippen molar-refractivity contribution in [3.63, 3.8) is 0 Å². The van der Waals surface area contributed by atoms with Gasteiger partial charge in [-0.15, -0.1) is 12.4 Å². The molecule has 10 heteroatoms. The van der Waals surface area contributed by atoms with Crippen LogP contribution in [0.1, 0.15) is 17.2 Å². The minimum atomic E-state index is -4.68. The van der Waals surface area contributed by atoms with Crippen LogP contribution in [0.2, 0.25) is 5.02 Å². The van der Waals surface area contributed by atoms with Crippen LogP contribution >= 0.6 is 24.0 Å². The highest BCUT2D eigenvalue weighted by atomic mass is 35.5. The molecule has 0 aromatic heterocycles. The first-order chi connectivity index (χ1) is 9.11. The highest BCUT2D eigenvalue weighted by molar-refractivity contribution is 6.31. The predicted molar refractivity (Wildman–Crippen MR) is 65.9 cm³/mol. The van der Waals surface area contributed by atoms with Gasteiger partial charge in [-0.1, -0.05) is 17.7 Å². The van der Waals surface area contributed by atoms with E-state index < -0.39 is 41.4 Å². The van der Waals surface area contributed by atoms with Gasteiger partial charge in [0.2, 0.25) is 0 Å². The van der Waals surface area contributed by atoms with Crippen molar-refractivity contribution in [3.05, 3.63) is 34.3 Å². The summed E-state index contributed by atoms with van der Waals surface area (Å²) in [6.45, 7) is -1.15. The van der Waals surface area contributed by atoms with Crippen molar-refractivity contribution in [1.29, 1.82) is 0 Å². The van der Waals surface area contributed by atoms with Gasteiger partial charge in [-0.25, -0.2) is 13.6 Å². The topological polar surface area (TPSA) is 38.3 Å². The van der Waals surface area contributed by atoms with Gasteiger partial charge in [-0.05, 0) is 17.7 Å². The maximum absolute atomic E-state index is 13.6. The third-order valence-electron chi connectivity index (χ3n) is 2.71. The summed E-state index contributed by atoms with van der Waals surface area (Å²) in [5, 5.41) is 1.14. The predicted octanol–water partition coefficient (Wildman–Crippen LogP) is 4.20. The number of alkyl halides is 5. The Hall–Kier alpha value is -1.28. The molecule has 1 aliphatic heterocycles. The molecule has 1 aliphatic rings. The minimum Gasteiger partial charge on any atom is -0.443 e. The van der Waals surface area contributed by atoms with Gasteiger partial charge in [0, 0.05) is 0 Å². The Morgan fingerprint density at radius 1 is 1.33 bits per heavy atom. The zero-order chi connectivity index (χ0) is 15.1. The number of amides is 1. The fourth-order valence-electron chi connectivity index (χ4n) is 1.78. The van der Waals surface area contributed by atoms with E-state index in [1.54, 1.807) is 0 Å². The molecule has 0 radical (unpaired) electrons. The van der Waals surface area contributed by atoms with E-state index in [-0.39, 0.29) is 18.0 Å². The van der Waals surface area contributed by atoms with E-state index in [1.165, 1.54) is 0 Å². The lowest BCUT2D eigenvalue weighted by Gasteiger charge is -2.32. The van der Waals surface area contributed by atoms with Crippen LogP contribution in [0, 0.1) is 0 Å². The third-order valence-corrected chi connectivity index (χ3v) is 3.02. The number of halogens is 7. The average Bonchev–Trinajstić information content (AvgIpc) is 2.30. The highest BCUT2D eigenvalue weighted by Gasteiger charge is 2.47. The molecular formula is C11H8Cl2F5NO2. The summed E-state index contributed by atoms with van der Waals surface area (Å²) in [4.78, 5) is 11.0. The van der Waals surface area contributed by atoms with Crippen LogP contribution in [0.3, 0.4) is 0 Å². The van der Waals surface area contributed by atoms with Crippen molar-refractivity contribution < 1.29 is 31.5 Å². The van der Waals surface area contributed by atoms with Crippen LogP contribution in [0.15, 0.2) is 18.2 Å². The molecule has 1 heterocycles. The lowest BCUT2D eigenvalue weighted by Crippen LogP contribution is -2.49. The van der Waals surface area contributed by atoms with E-state index in [1.807, 2.05) is 5.32 Å². The van der Waals surface area contributed by atoms with Crippen LogP contribution < -0.4 is 5.32 Å². The Morgan fingerprint density at radius 2 is 1.95 bits per heavy atom. The molecule has 1 amide bonds. The number of hydrogen-bond donors (Lipinski definition) is 1. The van der Waals surface area contributed by atoms with Crippen molar-refractivity contribution in [2.75, 3.05) is 6.61 Å².